The van der Waals surface area contributed by atoms with Gasteiger partial charge in [-0.1, -0.05) is 0 Å². The molecule has 2 N–H and O–H groups in total. The highest BCUT2D eigenvalue weighted by Crippen LogP contribution is 2.30. The maximum atomic E-state index is 12.1. The highest BCUT2D eigenvalue weighted by atomic mass is 16.6. The van der Waals surface area contributed by atoms with Gasteiger partial charge in [0.1, 0.15) is 0 Å². The minimum Gasteiger partial charge on any atom is -0.389 e. The molecule has 0 unspecified atom stereocenters. The van der Waals surface area contributed by atoms with Crippen molar-refractivity contribution < 1.29 is 9.53 Å². The lowest BCUT2D eigenvalue weighted by atomic mass is 10.1. The summed E-state index contributed by atoms with van der Waals surface area (Å²) in [6, 6.07) is 9.22. The van der Waals surface area contributed by atoms with E-state index in [2.05, 4.69) is 44.4 Å². The highest BCUT2D eigenvalue weighted by molar-refractivity contribution is 5.87. The van der Waals surface area contributed by atoms with Crippen LogP contribution in [0.5, 0.6) is 5.88 Å². The summed E-state index contributed by atoms with van der Waals surface area (Å²) < 4.78 is 5.20. The van der Waals surface area contributed by atoms with Crippen LogP contribution in [0.2, 0.25) is 0 Å². The van der Waals surface area contributed by atoms with Gasteiger partial charge in [0.2, 0.25) is 5.88 Å². The largest absolute Gasteiger partial charge is 0.418 e. The maximum absolute atomic E-state index is 12.1. The number of nitrogens with zero attached hydrogens (tertiary/aromatic N) is 3. The second-order valence-corrected chi connectivity index (χ2v) is 8.02. The van der Waals surface area contributed by atoms with Gasteiger partial charge in [-0.2, -0.15) is 0 Å². The summed E-state index contributed by atoms with van der Waals surface area (Å²) in [4.78, 5) is 17.2. The van der Waals surface area contributed by atoms with Gasteiger partial charge in [0.25, 0.3) is 0 Å². The van der Waals surface area contributed by atoms with Crippen LogP contribution in [0.25, 0.3) is 0 Å². The number of carbonyl (C=O) groups is 1. The number of amides is 1. The summed E-state index contributed by atoms with van der Waals surface area (Å²) in [7, 11) is 0. The number of hydrogen-bond donors (Lipinski definition) is 2. The number of H-pyrrole nitrogens is 1. The zero-order valence-electron chi connectivity index (χ0n) is 16.9. The number of benzene rings is 1. The van der Waals surface area contributed by atoms with Crippen LogP contribution >= 0.6 is 0 Å². The second-order valence-electron chi connectivity index (χ2n) is 8.02. The van der Waals surface area contributed by atoms with Crippen molar-refractivity contribution in [3.05, 3.63) is 35.5 Å². The fourth-order valence-corrected chi connectivity index (χ4v) is 4.41. The molecular weight excluding hydrogens is 354 g/mol. The Morgan fingerprint density at radius 2 is 2.11 bits per heavy atom. The Kier molecular flexibility index (Phi) is 5.26. The van der Waals surface area contributed by atoms with E-state index < -0.39 is 6.09 Å². The van der Waals surface area contributed by atoms with Crippen molar-refractivity contribution in [2.24, 2.45) is 0 Å². The van der Waals surface area contributed by atoms with E-state index in [0.29, 0.717) is 12.1 Å². The Morgan fingerprint density at radius 3 is 2.79 bits per heavy atom. The fourth-order valence-electron chi connectivity index (χ4n) is 4.41. The number of anilines is 2. The van der Waals surface area contributed by atoms with Crippen molar-refractivity contribution in [3.63, 3.8) is 0 Å². The molecule has 0 bridgehead atoms. The van der Waals surface area contributed by atoms with Crippen LogP contribution in [0.4, 0.5) is 16.2 Å². The van der Waals surface area contributed by atoms with Crippen molar-refractivity contribution in [3.8, 4) is 5.88 Å². The Hall–Kier alpha value is -2.54. The number of aromatic amines is 1. The Morgan fingerprint density at radius 1 is 1.25 bits per heavy atom. The third-order valence-electron chi connectivity index (χ3n) is 5.93. The van der Waals surface area contributed by atoms with E-state index in [1.165, 1.54) is 31.5 Å². The standard InChI is InChI=1S/C21H29N5O2/c1-14-11-17(25-10-8-18(13-25)26-9-4-5-16(26)3)6-7-19(14)22-21(27)28-20-12-15(2)23-24-20/h6-7,11-12,16,18H,4-5,8-10,13H2,1-3H3,(H,22,27)(H,23,24)/t16-,18-/m0/s1. The van der Waals surface area contributed by atoms with Crippen molar-refractivity contribution in [1.82, 2.24) is 15.1 Å². The number of likely N-dealkylation sites (tertiary alicyclic amines) is 1. The summed E-state index contributed by atoms with van der Waals surface area (Å²) in [5.74, 6) is 0.267. The molecule has 1 amide bonds. The molecule has 2 saturated heterocycles. The predicted molar refractivity (Wildman–Crippen MR) is 110 cm³/mol. The molecule has 0 aliphatic carbocycles. The lowest BCUT2D eigenvalue weighted by Gasteiger charge is -2.28. The van der Waals surface area contributed by atoms with Crippen LogP contribution in [0.1, 0.15) is 37.4 Å². The van der Waals surface area contributed by atoms with Gasteiger partial charge in [-0.05, 0) is 70.3 Å². The molecule has 1 aromatic heterocycles. The van der Waals surface area contributed by atoms with Crippen LogP contribution in [-0.2, 0) is 0 Å². The second kappa shape index (κ2) is 7.83. The molecular formula is C21H29N5O2. The average molecular weight is 383 g/mol. The van der Waals surface area contributed by atoms with Gasteiger partial charge in [-0.15, -0.1) is 5.10 Å². The van der Waals surface area contributed by atoms with Crippen LogP contribution in [-0.4, -0.2) is 52.9 Å². The molecule has 4 rings (SSSR count). The molecule has 28 heavy (non-hydrogen) atoms. The lowest BCUT2D eigenvalue weighted by molar-refractivity contribution is 0.204. The summed E-state index contributed by atoms with van der Waals surface area (Å²) in [5.41, 5.74) is 3.83. The van der Waals surface area contributed by atoms with Gasteiger partial charge in [0, 0.05) is 48.3 Å². The molecule has 2 atom stereocenters. The first-order chi connectivity index (χ1) is 13.5. The summed E-state index contributed by atoms with van der Waals surface area (Å²) in [6.45, 7) is 9.61. The van der Waals surface area contributed by atoms with Crippen LogP contribution < -0.4 is 15.0 Å². The smallest absolute Gasteiger partial charge is 0.389 e. The van der Waals surface area contributed by atoms with Crippen molar-refractivity contribution in [2.75, 3.05) is 29.9 Å². The molecule has 0 saturated carbocycles. The van der Waals surface area contributed by atoms with E-state index in [9.17, 15) is 4.79 Å². The third-order valence-corrected chi connectivity index (χ3v) is 5.93. The minimum absolute atomic E-state index is 0.267. The molecule has 3 heterocycles. The van der Waals surface area contributed by atoms with E-state index in [-0.39, 0.29) is 5.88 Å². The molecule has 1 aromatic carbocycles. The fraction of sp³-hybridized carbons (Fsp3) is 0.524. The number of nitrogens with one attached hydrogen (secondary N) is 2. The van der Waals surface area contributed by atoms with Gasteiger partial charge >= 0.3 is 6.09 Å². The van der Waals surface area contributed by atoms with Gasteiger partial charge in [-0.3, -0.25) is 15.3 Å². The minimum atomic E-state index is -0.536. The lowest BCUT2D eigenvalue weighted by Crippen LogP contribution is -2.39. The maximum Gasteiger partial charge on any atom is 0.418 e. The van der Waals surface area contributed by atoms with Gasteiger partial charge in [-0.25, -0.2) is 4.79 Å². The van der Waals surface area contributed by atoms with E-state index in [4.69, 9.17) is 4.74 Å². The van der Waals surface area contributed by atoms with E-state index >= 15 is 0 Å². The van der Waals surface area contributed by atoms with Gasteiger partial charge < -0.3 is 9.64 Å². The highest BCUT2D eigenvalue weighted by Gasteiger charge is 2.32. The van der Waals surface area contributed by atoms with Crippen LogP contribution in [0.15, 0.2) is 24.3 Å². The molecule has 0 spiro atoms. The molecule has 0 radical (unpaired) electrons. The molecule has 2 aromatic rings. The van der Waals surface area contributed by atoms with Crippen molar-refractivity contribution >= 4 is 17.5 Å². The van der Waals surface area contributed by atoms with Crippen molar-refractivity contribution in [1.29, 1.82) is 0 Å². The average Bonchev–Trinajstić information content (AvgIpc) is 3.38. The first-order valence-corrected chi connectivity index (χ1v) is 10.1. The quantitative estimate of drug-likeness (QED) is 0.842. The molecule has 7 heteroatoms. The molecule has 2 fully saturated rings. The van der Waals surface area contributed by atoms with E-state index in [0.717, 1.165) is 30.0 Å². The van der Waals surface area contributed by atoms with Crippen LogP contribution in [0.3, 0.4) is 0 Å². The Labute approximate surface area is 166 Å². The first kappa shape index (κ1) is 18.8. The van der Waals surface area contributed by atoms with E-state index in [1.54, 1.807) is 6.07 Å². The molecule has 7 nitrogen and oxygen atoms in total. The SMILES string of the molecule is Cc1cc(OC(=O)Nc2ccc(N3CC[C@H](N4CCC[C@@H]4C)C3)cc2C)n[nH]1. The monoisotopic (exact) mass is 383 g/mol. The summed E-state index contributed by atoms with van der Waals surface area (Å²) in [6.07, 6.45) is 3.33. The number of aromatic nitrogens is 2. The zero-order valence-corrected chi connectivity index (χ0v) is 16.9. The number of carbonyl (C=O) groups excluding carboxylic acids is 1. The van der Waals surface area contributed by atoms with Crippen LogP contribution in [0, 0.1) is 13.8 Å². The number of ether oxygens (including phenoxy) is 1. The number of rotatable bonds is 4. The molecule has 2 aliphatic heterocycles. The third kappa shape index (κ3) is 3.99. The molecule has 2 aliphatic rings. The normalized spacial score (nSPS) is 22.6. The topological polar surface area (TPSA) is 73.5 Å². The Bertz CT molecular complexity index is 849. The van der Waals surface area contributed by atoms with Crippen molar-refractivity contribution in [2.45, 2.75) is 52.1 Å². The van der Waals surface area contributed by atoms with Gasteiger partial charge in [0.15, 0.2) is 0 Å². The Balaban J connectivity index is 1.37. The summed E-state index contributed by atoms with van der Waals surface area (Å²) in [5, 5.41) is 9.47. The molecule has 150 valence electrons. The predicted octanol–water partition coefficient (Wildman–Crippen LogP) is 3.70. The van der Waals surface area contributed by atoms with E-state index in [1.807, 2.05) is 19.9 Å². The van der Waals surface area contributed by atoms with Gasteiger partial charge in [0.05, 0.1) is 0 Å². The first-order valence-electron chi connectivity index (χ1n) is 10.1. The number of aryl methyl sites for hydroxylation is 2. The summed E-state index contributed by atoms with van der Waals surface area (Å²) >= 11 is 0. The number of hydrogen-bond acceptors (Lipinski definition) is 5. The zero-order chi connectivity index (χ0) is 19.7.